The van der Waals surface area contributed by atoms with Crippen molar-refractivity contribution >= 4 is 12.1 Å². The van der Waals surface area contributed by atoms with E-state index in [4.69, 9.17) is 0 Å². The molecule has 1 aliphatic heterocycles. The van der Waals surface area contributed by atoms with Gasteiger partial charge in [0.1, 0.15) is 5.84 Å². The molecule has 19 heavy (non-hydrogen) atoms. The summed E-state index contributed by atoms with van der Waals surface area (Å²) in [6.07, 6.45) is 2.81. The monoisotopic (exact) mass is 249 g/mol. The number of hydrogen-bond acceptors (Lipinski definition) is 3. The van der Waals surface area contributed by atoms with E-state index in [0.717, 1.165) is 29.9 Å². The van der Waals surface area contributed by atoms with E-state index in [0.29, 0.717) is 0 Å². The standard InChI is InChI=1S/C16H15N3/c1-2-6-13(7-3-1)12-18-19-16-15-9-5-4-8-14(15)10-11-17-16/h1-9,12H,10-11H2,(H,17,19)/b18-12+. The average Bonchev–Trinajstić information content (AvgIpc) is 2.49. The lowest BCUT2D eigenvalue weighted by Crippen LogP contribution is -2.24. The van der Waals surface area contributed by atoms with Crippen molar-refractivity contribution in [2.24, 2.45) is 10.1 Å². The van der Waals surface area contributed by atoms with Gasteiger partial charge in [-0.05, 0) is 17.5 Å². The van der Waals surface area contributed by atoms with Crippen molar-refractivity contribution < 1.29 is 0 Å². The average molecular weight is 249 g/mol. The molecule has 3 heteroatoms. The molecule has 0 fully saturated rings. The zero-order valence-corrected chi connectivity index (χ0v) is 10.6. The molecule has 0 aromatic heterocycles. The molecule has 0 radical (unpaired) electrons. The van der Waals surface area contributed by atoms with Crippen LogP contribution in [0.2, 0.25) is 0 Å². The molecule has 0 atom stereocenters. The van der Waals surface area contributed by atoms with Crippen molar-refractivity contribution in [3.63, 3.8) is 0 Å². The summed E-state index contributed by atoms with van der Waals surface area (Å²) in [6, 6.07) is 18.3. The van der Waals surface area contributed by atoms with Crippen molar-refractivity contribution in [3.8, 4) is 0 Å². The predicted octanol–water partition coefficient (Wildman–Crippen LogP) is 2.61. The van der Waals surface area contributed by atoms with E-state index < -0.39 is 0 Å². The smallest absolute Gasteiger partial charge is 0.149 e. The number of nitrogens with zero attached hydrogens (tertiary/aromatic N) is 2. The fraction of sp³-hybridized carbons (Fsp3) is 0.125. The van der Waals surface area contributed by atoms with Crippen LogP contribution < -0.4 is 5.43 Å². The third kappa shape index (κ3) is 2.71. The number of nitrogens with one attached hydrogen (secondary N) is 1. The highest BCUT2D eigenvalue weighted by atomic mass is 15.3. The van der Waals surface area contributed by atoms with Gasteiger partial charge >= 0.3 is 0 Å². The molecular weight excluding hydrogens is 234 g/mol. The maximum atomic E-state index is 4.49. The molecule has 3 nitrogen and oxygen atoms in total. The lowest BCUT2D eigenvalue weighted by molar-refractivity contribution is 0.902. The van der Waals surface area contributed by atoms with E-state index in [2.05, 4.69) is 33.7 Å². The maximum absolute atomic E-state index is 4.49. The van der Waals surface area contributed by atoms with Gasteiger partial charge in [-0.15, -0.1) is 0 Å². The zero-order chi connectivity index (χ0) is 12.9. The predicted molar refractivity (Wildman–Crippen MR) is 78.7 cm³/mol. The van der Waals surface area contributed by atoms with Gasteiger partial charge in [-0.3, -0.25) is 10.4 Å². The van der Waals surface area contributed by atoms with Gasteiger partial charge in [0.15, 0.2) is 0 Å². The molecule has 0 spiro atoms. The van der Waals surface area contributed by atoms with Gasteiger partial charge in [0.05, 0.1) is 6.21 Å². The molecule has 1 aliphatic rings. The summed E-state index contributed by atoms with van der Waals surface area (Å²) < 4.78 is 0. The Labute approximate surface area is 112 Å². The van der Waals surface area contributed by atoms with Gasteiger partial charge < -0.3 is 0 Å². The highest BCUT2D eigenvalue weighted by Gasteiger charge is 2.12. The van der Waals surface area contributed by atoms with E-state index in [-0.39, 0.29) is 0 Å². The molecule has 0 bridgehead atoms. The first-order valence-corrected chi connectivity index (χ1v) is 6.40. The second kappa shape index (κ2) is 5.48. The molecule has 0 saturated carbocycles. The van der Waals surface area contributed by atoms with Crippen LogP contribution in [0, 0.1) is 0 Å². The van der Waals surface area contributed by atoms with E-state index in [1.165, 1.54) is 5.56 Å². The van der Waals surface area contributed by atoms with Crippen LogP contribution in [0.3, 0.4) is 0 Å². The third-order valence-electron chi connectivity index (χ3n) is 3.11. The van der Waals surface area contributed by atoms with Crippen LogP contribution in [0.25, 0.3) is 0 Å². The molecule has 3 rings (SSSR count). The molecule has 0 amide bonds. The van der Waals surface area contributed by atoms with Gasteiger partial charge in [0, 0.05) is 12.1 Å². The molecule has 2 aromatic carbocycles. The number of rotatable bonds is 2. The minimum absolute atomic E-state index is 0.820. The largest absolute Gasteiger partial charge is 0.266 e. The number of hydrazone groups is 1. The van der Waals surface area contributed by atoms with E-state index in [1.807, 2.05) is 36.4 Å². The van der Waals surface area contributed by atoms with E-state index in [9.17, 15) is 0 Å². The number of hydrogen-bond donors (Lipinski definition) is 1. The molecule has 1 N–H and O–H groups in total. The van der Waals surface area contributed by atoms with Gasteiger partial charge in [-0.1, -0.05) is 54.6 Å². The van der Waals surface area contributed by atoms with Crippen LogP contribution in [0.1, 0.15) is 16.7 Å². The van der Waals surface area contributed by atoms with Gasteiger partial charge in [0.2, 0.25) is 0 Å². The topological polar surface area (TPSA) is 36.8 Å². The molecule has 0 unspecified atom stereocenters. The van der Waals surface area contributed by atoms with Crippen LogP contribution >= 0.6 is 0 Å². The fourth-order valence-corrected chi connectivity index (χ4v) is 2.15. The quantitative estimate of drug-likeness (QED) is 0.644. The van der Waals surface area contributed by atoms with Gasteiger partial charge in [-0.2, -0.15) is 5.10 Å². The molecule has 1 heterocycles. The molecule has 94 valence electrons. The van der Waals surface area contributed by atoms with Crippen LogP contribution in [0.15, 0.2) is 64.7 Å². The number of amidine groups is 1. The first kappa shape index (κ1) is 11.7. The van der Waals surface area contributed by atoms with Crippen LogP contribution in [0.5, 0.6) is 0 Å². The van der Waals surface area contributed by atoms with Crippen molar-refractivity contribution in [2.45, 2.75) is 6.42 Å². The normalized spacial score (nSPS) is 14.0. The van der Waals surface area contributed by atoms with Crippen molar-refractivity contribution in [3.05, 3.63) is 71.3 Å². The Morgan fingerprint density at radius 2 is 1.79 bits per heavy atom. The first-order valence-electron chi connectivity index (χ1n) is 6.40. The van der Waals surface area contributed by atoms with Crippen molar-refractivity contribution in [1.29, 1.82) is 0 Å². The Hall–Kier alpha value is -2.42. The number of aliphatic imine (C=N–C) groups is 1. The van der Waals surface area contributed by atoms with Gasteiger partial charge in [0.25, 0.3) is 0 Å². The Balaban J connectivity index is 1.74. The Morgan fingerprint density at radius 3 is 2.68 bits per heavy atom. The second-order valence-electron chi connectivity index (χ2n) is 4.42. The number of benzene rings is 2. The Kier molecular flexibility index (Phi) is 3.36. The zero-order valence-electron chi connectivity index (χ0n) is 10.6. The van der Waals surface area contributed by atoms with Crippen molar-refractivity contribution in [2.75, 3.05) is 6.54 Å². The Bertz CT molecular complexity index is 615. The summed E-state index contributed by atoms with van der Waals surface area (Å²) in [6.45, 7) is 0.820. The summed E-state index contributed by atoms with van der Waals surface area (Å²) in [5.41, 5.74) is 6.60. The highest BCUT2D eigenvalue weighted by Crippen LogP contribution is 2.14. The minimum atomic E-state index is 0.820. The Morgan fingerprint density at radius 1 is 1.00 bits per heavy atom. The second-order valence-corrected chi connectivity index (χ2v) is 4.42. The summed E-state index contributed by atoms with van der Waals surface area (Å²) in [7, 11) is 0. The highest BCUT2D eigenvalue weighted by molar-refractivity contribution is 6.01. The molecule has 0 aliphatic carbocycles. The summed E-state index contributed by atoms with van der Waals surface area (Å²) >= 11 is 0. The minimum Gasteiger partial charge on any atom is -0.266 e. The lowest BCUT2D eigenvalue weighted by Gasteiger charge is -2.15. The van der Waals surface area contributed by atoms with E-state index >= 15 is 0 Å². The fourth-order valence-electron chi connectivity index (χ4n) is 2.15. The van der Waals surface area contributed by atoms with E-state index in [1.54, 1.807) is 6.21 Å². The molecule has 2 aromatic rings. The first-order chi connectivity index (χ1) is 9.43. The summed E-state index contributed by atoms with van der Waals surface area (Å²) in [4.78, 5) is 4.49. The van der Waals surface area contributed by atoms with Gasteiger partial charge in [-0.25, -0.2) is 0 Å². The van der Waals surface area contributed by atoms with Crippen LogP contribution in [0.4, 0.5) is 0 Å². The molecular formula is C16H15N3. The summed E-state index contributed by atoms with van der Waals surface area (Å²) in [5, 5.41) is 4.26. The van der Waals surface area contributed by atoms with Crippen LogP contribution in [-0.2, 0) is 6.42 Å². The summed E-state index contributed by atoms with van der Waals surface area (Å²) in [5.74, 6) is 0.856. The maximum Gasteiger partial charge on any atom is 0.149 e. The van der Waals surface area contributed by atoms with Crippen LogP contribution in [-0.4, -0.2) is 18.6 Å². The molecule has 0 saturated heterocycles. The SMILES string of the molecule is C(=N\NC1=NCCc2ccccc21)/c1ccccc1. The lowest BCUT2D eigenvalue weighted by atomic mass is 10.0. The van der Waals surface area contributed by atoms with Crippen molar-refractivity contribution in [1.82, 2.24) is 5.43 Å². The third-order valence-corrected chi connectivity index (χ3v) is 3.11. The number of fused-ring (bicyclic) bond motifs is 1.